The molecule has 1 atom stereocenters. The van der Waals surface area contributed by atoms with E-state index in [9.17, 15) is 4.79 Å². The van der Waals surface area contributed by atoms with E-state index in [2.05, 4.69) is 15.3 Å². The number of benzene rings is 1. The van der Waals surface area contributed by atoms with E-state index in [0.29, 0.717) is 26.0 Å². The number of hydrogen-bond donors (Lipinski definition) is 1. The maximum absolute atomic E-state index is 12.2. The van der Waals surface area contributed by atoms with Gasteiger partial charge in [-0.1, -0.05) is 23.9 Å². The van der Waals surface area contributed by atoms with Crippen LogP contribution in [0.3, 0.4) is 0 Å². The second-order valence-corrected chi connectivity index (χ2v) is 6.93. The first-order chi connectivity index (χ1) is 12.6. The summed E-state index contributed by atoms with van der Waals surface area (Å²) in [5.74, 6) is 1.45. The Kier molecular flexibility index (Phi) is 5.98. The number of rotatable bonds is 6. The van der Waals surface area contributed by atoms with Gasteiger partial charge in [0.15, 0.2) is 16.7 Å². The third-order valence-electron chi connectivity index (χ3n) is 4.28. The van der Waals surface area contributed by atoms with Crippen molar-refractivity contribution >= 4 is 17.7 Å². The molecule has 26 heavy (non-hydrogen) atoms. The Morgan fingerprint density at radius 1 is 1.23 bits per heavy atom. The van der Waals surface area contributed by atoms with E-state index in [4.69, 9.17) is 9.47 Å². The number of aryl methyl sites for hydroxylation is 2. The van der Waals surface area contributed by atoms with Crippen LogP contribution >= 0.6 is 11.8 Å². The predicted octanol–water partition coefficient (Wildman–Crippen LogP) is 2.70. The second-order valence-electron chi connectivity index (χ2n) is 6.16. The number of aromatic nitrogens is 2. The molecule has 0 spiro atoms. The van der Waals surface area contributed by atoms with Gasteiger partial charge in [0.05, 0.1) is 6.54 Å². The molecule has 0 bridgehead atoms. The molecule has 1 aliphatic heterocycles. The second kappa shape index (κ2) is 8.40. The average molecular weight is 373 g/mol. The van der Waals surface area contributed by atoms with Gasteiger partial charge in [-0.3, -0.25) is 4.79 Å². The molecule has 1 aromatic heterocycles. The average Bonchev–Trinajstić information content (AvgIpc) is 2.65. The van der Waals surface area contributed by atoms with Crippen LogP contribution in [0.25, 0.3) is 0 Å². The Balaban J connectivity index is 1.48. The summed E-state index contributed by atoms with van der Waals surface area (Å²) >= 11 is 1.52. The van der Waals surface area contributed by atoms with Crippen LogP contribution in [0.4, 0.5) is 0 Å². The molecule has 0 radical (unpaired) electrons. The zero-order valence-electron chi connectivity index (χ0n) is 15.2. The third kappa shape index (κ3) is 4.46. The summed E-state index contributed by atoms with van der Waals surface area (Å²) in [5.41, 5.74) is 2.93. The van der Waals surface area contributed by atoms with Crippen molar-refractivity contribution < 1.29 is 14.3 Å². The number of carbonyl (C=O) groups is 1. The minimum Gasteiger partial charge on any atom is -0.486 e. The smallest absolute Gasteiger partial charge is 0.220 e. The minimum absolute atomic E-state index is 0.0137. The Hall–Kier alpha value is -2.28. The molecule has 1 aromatic carbocycles. The molecule has 3 rings (SSSR count). The highest BCUT2D eigenvalue weighted by molar-refractivity contribution is 7.98. The van der Waals surface area contributed by atoms with Crippen LogP contribution in [0.1, 0.15) is 23.4 Å². The lowest BCUT2D eigenvalue weighted by Gasteiger charge is -2.26. The quantitative estimate of drug-likeness (QED) is 0.620. The van der Waals surface area contributed by atoms with Crippen molar-refractivity contribution in [2.45, 2.75) is 37.9 Å². The Bertz CT molecular complexity index is 774. The summed E-state index contributed by atoms with van der Waals surface area (Å²) < 4.78 is 11.5. The first-order valence-corrected chi connectivity index (χ1v) is 9.82. The molecule has 2 aromatic rings. The number of nitrogens with zero attached hydrogens (tertiary/aromatic N) is 2. The Labute approximate surface area is 157 Å². The number of hydrogen-bond acceptors (Lipinski definition) is 6. The summed E-state index contributed by atoms with van der Waals surface area (Å²) in [6.45, 7) is 4.78. The van der Waals surface area contributed by atoms with Gasteiger partial charge in [-0.2, -0.15) is 0 Å². The van der Waals surface area contributed by atoms with Gasteiger partial charge in [0, 0.05) is 17.8 Å². The highest BCUT2D eigenvalue weighted by atomic mass is 32.2. The molecule has 6 nitrogen and oxygen atoms in total. The van der Waals surface area contributed by atoms with Crippen molar-refractivity contribution in [3.05, 3.63) is 41.2 Å². The van der Waals surface area contributed by atoms with E-state index in [0.717, 1.165) is 33.6 Å². The van der Waals surface area contributed by atoms with Crippen molar-refractivity contribution in [2.75, 3.05) is 19.4 Å². The van der Waals surface area contributed by atoms with Crippen LogP contribution < -0.4 is 14.8 Å². The number of thioether (sulfide) groups is 1. The predicted molar refractivity (Wildman–Crippen MR) is 101 cm³/mol. The number of ether oxygens (including phenoxy) is 2. The van der Waals surface area contributed by atoms with Crippen molar-refractivity contribution in [1.82, 2.24) is 15.3 Å². The Morgan fingerprint density at radius 2 is 1.92 bits per heavy atom. The summed E-state index contributed by atoms with van der Waals surface area (Å²) in [6, 6.07) is 7.55. The minimum atomic E-state index is -0.179. The van der Waals surface area contributed by atoms with Crippen molar-refractivity contribution in [2.24, 2.45) is 0 Å². The molecule has 1 aliphatic rings. The number of nitrogens with one attached hydrogen (secondary N) is 1. The maximum atomic E-state index is 12.2. The van der Waals surface area contributed by atoms with E-state index in [1.54, 1.807) is 0 Å². The van der Waals surface area contributed by atoms with Gasteiger partial charge in [0.2, 0.25) is 5.91 Å². The molecule has 0 unspecified atom stereocenters. The van der Waals surface area contributed by atoms with Gasteiger partial charge >= 0.3 is 0 Å². The summed E-state index contributed by atoms with van der Waals surface area (Å²) in [5, 5.41) is 3.69. The highest BCUT2D eigenvalue weighted by Gasteiger charge is 2.21. The van der Waals surface area contributed by atoms with Gasteiger partial charge in [-0.05, 0) is 44.2 Å². The van der Waals surface area contributed by atoms with Gasteiger partial charge in [-0.15, -0.1) is 0 Å². The van der Waals surface area contributed by atoms with Crippen molar-refractivity contribution in [1.29, 1.82) is 0 Å². The number of para-hydroxylation sites is 2. The van der Waals surface area contributed by atoms with Crippen molar-refractivity contribution in [3.8, 4) is 11.5 Å². The summed E-state index contributed by atoms with van der Waals surface area (Å²) in [4.78, 5) is 21.1. The SMILES string of the molecule is CSc1nc(C)c(CCC(=O)NC[C@@H]2COc3ccccc3O2)c(C)n1. The number of amides is 1. The fourth-order valence-corrected chi connectivity index (χ4v) is 3.34. The molecule has 0 aliphatic carbocycles. The zero-order chi connectivity index (χ0) is 18.5. The monoisotopic (exact) mass is 373 g/mol. The summed E-state index contributed by atoms with van der Waals surface area (Å²) in [6.07, 6.45) is 2.80. The summed E-state index contributed by atoms with van der Waals surface area (Å²) in [7, 11) is 0. The maximum Gasteiger partial charge on any atom is 0.220 e. The van der Waals surface area contributed by atoms with Crippen LogP contribution in [0, 0.1) is 13.8 Å². The van der Waals surface area contributed by atoms with E-state index in [-0.39, 0.29) is 12.0 Å². The van der Waals surface area contributed by atoms with Crippen LogP contribution in [-0.2, 0) is 11.2 Å². The van der Waals surface area contributed by atoms with E-state index in [1.807, 2.05) is 44.4 Å². The Morgan fingerprint density at radius 3 is 2.62 bits per heavy atom. The van der Waals surface area contributed by atoms with Crippen LogP contribution in [0.5, 0.6) is 11.5 Å². The lowest BCUT2D eigenvalue weighted by Crippen LogP contribution is -2.40. The largest absolute Gasteiger partial charge is 0.486 e. The highest BCUT2D eigenvalue weighted by Crippen LogP contribution is 2.30. The molecule has 1 amide bonds. The van der Waals surface area contributed by atoms with Crippen LogP contribution in [0.2, 0.25) is 0 Å². The van der Waals surface area contributed by atoms with Gasteiger partial charge in [-0.25, -0.2) is 9.97 Å². The third-order valence-corrected chi connectivity index (χ3v) is 4.83. The fraction of sp³-hybridized carbons (Fsp3) is 0.421. The van der Waals surface area contributed by atoms with Gasteiger partial charge in [0.1, 0.15) is 12.7 Å². The topological polar surface area (TPSA) is 73.3 Å². The van der Waals surface area contributed by atoms with Gasteiger partial charge in [0.25, 0.3) is 0 Å². The van der Waals surface area contributed by atoms with Gasteiger partial charge < -0.3 is 14.8 Å². The normalized spacial score (nSPS) is 15.6. The molecule has 0 fully saturated rings. The van der Waals surface area contributed by atoms with E-state index in [1.165, 1.54) is 11.8 Å². The molecule has 1 N–H and O–H groups in total. The molecule has 0 saturated carbocycles. The van der Waals surface area contributed by atoms with E-state index >= 15 is 0 Å². The lowest BCUT2D eigenvalue weighted by molar-refractivity contribution is -0.121. The molecule has 2 heterocycles. The standard InChI is InChI=1S/C19H23N3O3S/c1-12-15(13(2)22-19(21-12)26-3)8-9-18(23)20-10-14-11-24-16-6-4-5-7-17(16)25-14/h4-7,14H,8-11H2,1-3H3,(H,20,23)/t14-/m1/s1. The van der Waals surface area contributed by atoms with Crippen LogP contribution in [-0.4, -0.2) is 41.4 Å². The zero-order valence-corrected chi connectivity index (χ0v) is 16.1. The fourth-order valence-electron chi connectivity index (χ4n) is 2.88. The van der Waals surface area contributed by atoms with E-state index < -0.39 is 0 Å². The first-order valence-electron chi connectivity index (χ1n) is 8.60. The van der Waals surface area contributed by atoms with Crippen LogP contribution in [0.15, 0.2) is 29.4 Å². The lowest BCUT2D eigenvalue weighted by atomic mass is 10.1. The van der Waals surface area contributed by atoms with Crippen molar-refractivity contribution in [3.63, 3.8) is 0 Å². The molecular formula is C19H23N3O3S. The first kappa shape index (κ1) is 18.5. The molecular weight excluding hydrogens is 350 g/mol. The molecule has 138 valence electrons. The molecule has 7 heteroatoms. The number of fused-ring (bicyclic) bond motifs is 1. The number of carbonyl (C=O) groups excluding carboxylic acids is 1. The molecule has 0 saturated heterocycles.